The fraction of sp³-hybridized carbons (Fsp3) is 0.312. The maximum absolute atomic E-state index is 5.44. The Bertz CT molecular complexity index is 770. The zero-order chi connectivity index (χ0) is 15.6. The molecule has 3 heterocycles. The topological polar surface area (TPSA) is 72.0 Å². The minimum absolute atomic E-state index is 0. The molecule has 8 heteroatoms. The van der Waals surface area contributed by atoms with Crippen LogP contribution < -0.4 is 5.32 Å². The number of aromatic nitrogens is 4. The van der Waals surface area contributed by atoms with Crippen molar-refractivity contribution in [2.75, 3.05) is 26.7 Å². The van der Waals surface area contributed by atoms with Crippen LogP contribution in [0.25, 0.3) is 17.1 Å². The number of rotatable bonds is 3. The van der Waals surface area contributed by atoms with Gasteiger partial charge in [0.2, 0.25) is 0 Å². The first-order valence-electron chi connectivity index (χ1n) is 7.66. The summed E-state index contributed by atoms with van der Waals surface area (Å²) < 4.78 is 7.26. The summed E-state index contributed by atoms with van der Waals surface area (Å²) in [5.74, 6) is 1.27. The van der Waals surface area contributed by atoms with Gasteiger partial charge in [-0.2, -0.15) is 10.1 Å². The van der Waals surface area contributed by atoms with Crippen LogP contribution in [-0.4, -0.2) is 51.5 Å². The lowest BCUT2D eigenvalue weighted by molar-refractivity contribution is 0.190. The van der Waals surface area contributed by atoms with Crippen LogP contribution in [0.1, 0.15) is 11.9 Å². The summed E-state index contributed by atoms with van der Waals surface area (Å²) in [5, 5.41) is 11.7. The molecule has 0 saturated carbocycles. The highest BCUT2D eigenvalue weighted by molar-refractivity contribution is 5.85. The van der Waals surface area contributed by atoms with Crippen LogP contribution in [-0.2, 0) is 0 Å². The second-order valence-electron chi connectivity index (χ2n) is 5.66. The lowest BCUT2D eigenvalue weighted by Crippen LogP contribution is -2.44. The zero-order valence-corrected chi connectivity index (χ0v) is 14.1. The fourth-order valence-corrected chi connectivity index (χ4v) is 2.76. The van der Waals surface area contributed by atoms with Crippen LogP contribution in [0.3, 0.4) is 0 Å². The summed E-state index contributed by atoms with van der Waals surface area (Å²) in [6, 6.07) is 9.96. The normalized spacial score (nSPS) is 18.3. The van der Waals surface area contributed by atoms with Gasteiger partial charge in [-0.1, -0.05) is 5.16 Å². The lowest BCUT2D eigenvalue weighted by atomic mass is 10.2. The Morgan fingerprint density at radius 2 is 2.08 bits per heavy atom. The SMILES string of the molecule is CN1CCNCC1c1noc(-c2ccc(-n3cccn3)cc2)n1.Cl. The number of piperazine rings is 1. The molecule has 2 aromatic heterocycles. The van der Waals surface area contributed by atoms with Crippen molar-refractivity contribution in [3.05, 3.63) is 48.5 Å². The van der Waals surface area contributed by atoms with E-state index in [0.717, 1.165) is 36.7 Å². The number of nitrogens with one attached hydrogen (secondary N) is 1. The van der Waals surface area contributed by atoms with E-state index in [1.54, 1.807) is 6.20 Å². The Morgan fingerprint density at radius 1 is 1.25 bits per heavy atom. The second-order valence-corrected chi connectivity index (χ2v) is 5.66. The van der Waals surface area contributed by atoms with Crippen molar-refractivity contribution in [1.29, 1.82) is 0 Å². The second kappa shape index (κ2) is 7.12. The minimum atomic E-state index is 0. The molecule has 24 heavy (non-hydrogen) atoms. The largest absolute Gasteiger partial charge is 0.334 e. The average molecular weight is 347 g/mol. The van der Waals surface area contributed by atoms with Crippen molar-refractivity contribution in [3.63, 3.8) is 0 Å². The van der Waals surface area contributed by atoms with Crippen LogP contribution in [0, 0.1) is 0 Å². The van der Waals surface area contributed by atoms with Gasteiger partial charge in [-0.15, -0.1) is 12.4 Å². The van der Waals surface area contributed by atoms with Gasteiger partial charge in [-0.05, 0) is 37.4 Å². The molecule has 1 atom stereocenters. The number of nitrogens with zero attached hydrogens (tertiary/aromatic N) is 5. The van der Waals surface area contributed by atoms with E-state index in [-0.39, 0.29) is 18.4 Å². The monoisotopic (exact) mass is 346 g/mol. The van der Waals surface area contributed by atoms with E-state index in [2.05, 4.69) is 32.5 Å². The molecular formula is C16H19ClN6O. The molecule has 0 aliphatic carbocycles. The minimum Gasteiger partial charge on any atom is -0.334 e. The van der Waals surface area contributed by atoms with E-state index in [1.165, 1.54) is 0 Å². The molecule has 1 unspecified atom stereocenters. The number of hydrogen-bond acceptors (Lipinski definition) is 6. The highest BCUT2D eigenvalue weighted by Gasteiger charge is 2.25. The third-order valence-electron chi connectivity index (χ3n) is 4.13. The first-order chi connectivity index (χ1) is 11.3. The van der Waals surface area contributed by atoms with Crippen molar-refractivity contribution >= 4 is 12.4 Å². The van der Waals surface area contributed by atoms with E-state index in [1.807, 2.05) is 41.2 Å². The number of hydrogen-bond donors (Lipinski definition) is 1. The molecule has 1 aliphatic rings. The summed E-state index contributed by atoms with van der Waals surface area (Å²) >= 11 is 0. The van der Waals surface area contributed by atoms with Gasteiger partial charge in [0.1, 0.15) is 0 Å². The quantitative estimate of drug-likeness (QED) is 0.781. The molecule has 0 spiro atoms. The van der Waals surface area contributed by atoms with Crippen LogP contribution in [0.5, 0.6) is 0 Å². The molecule has 0 bridgehead atoms. The summed E-state index contributed by atoms with van der Waals surface area (Å²) in [6.07, 6.45) is 3.67. The highest BCUT2D eigenvalue weighted by Crippen LogP contribution is 2.23. The molecule has 0 radical (unpaired) electrons. The van der Waals surface area contributed by atoms with Gasteiger partial charge in [0, 0.05) is 37.6 Å². The van der Waals surface area contributed by atoms with Crippen molar-refractivity contribution < 1.29 is 4.52 Å². The standard InChI is InChI=1S/C16H18N6O.ClH/c1-21-10-8-17-11-14(21)15-19-16(23-20-15)12-3-5-13(6-4-12)22-9-2-7-18-22;/h2-7,9,14,17H,8,10-11H2,1H3;1H. The third kappa shape index (κ3) is 3.19. The predicted octanol–water partition coefficient (Wildman–Crippen LogP) is 1.92. The highest BCUT2D eigenvalue weighted by atomic mass is 35.5. The zero-order valence-electron chi connectivity index (χ0n) is 13.3. The van der Waals surface area contributed by atoms with Crippen molar-refractivity contribution in [2.45, 2.75) is 6.04 Å². The molecule has 7 nitrogen and oxygen atoms in total. The van der Waals surface area contributed by atoms with Crippen LogP contribution >= 0.6 is 12.4 Å². The van der Waals surface area contributed by atoms with E-state index < -0.39 is 0 Å². The van der Waals surface area contributed by atoms with Gasteiger partial charge in [-0.3, -0.25) is 4.90 Å². The predicted molar refractivity (Wildman–Crippen MR) is 92.3 cm³/mol. The van der Waals surface area contributed by atoms with Gasteiger partial charge >= 0.3 is 0 Å². The van der Waals surface area contributed by atoms with E-state index in [9.17, 15) is 0 Å². The first kappa shape index (κ1) is 16.6. The van der Waals surface area contributed by atoms with Crippen LogP contribution in [0.4, 0.5) is 0 Å². The van der Waals surface area contributed by atoms with Crippen molar-refractivity contribution in [1.82, 2.24) is 30.1 Å². The summed E-state index contributed by atoms with van der Waals surface area (Å²) in [4.78, 5) is 6.81. The molecule has 1 fully saturated rings. The van der Waals surface area contributed by atoms with Crippen LogP contribution in [0.15, 0.2) is 47.2 Å². The summed E-state index contributed by atoms with van der Waals surface area (Å²) in [6.45, 7) is 2.81. The van der Waals surface area contributed by atoms with Gasteiger partial charge in [0.15, 0.2) is 5.82 Å². The molecular weight excluding hydrogens is 328 g/mol. The third-order valence-corrected chi connectivity index (χ3v) is 4.13. The molecule has 4 rings (SSSR count). The maximum Gasteiger partial charge on any atom is 0.257 e. The molecule has 1 aliphatic heterocycles. The molecule has 1 N–H and O–H groups in total. The summed E-state index contributed by atoms with van der Waals surface area (Å²) in [7, 11) is 2.08. The van der Waals surface area contributed by atoms with Gasteiger partial charge in [0.25, 0.3) is 5.89 Å². The van der Waals surface area contributed by atoms with E-state index in [0.29, 0.717) is 5.89 Å². The molecule has 0 amide bonds. The molecule has 1 aromatic carbocycles. The van der Waals surface area contributed by atoms with Crippen molar-refractivity contribution in [2.24, 2.45) is 0 Å². The van der Waals surface area contributed by atoms with Crippen LogP contribution in [0.2, 0.25) is 0 Å². The first-order valence-corrected chi connectivity index (χ1v) is 7.66. The Hall–Kier alpha value is -2.22. The molecule has 1 saturated heterocycles. The Balaban J connectivity index is 0.00000169. The Morgan fingerprint density at radius 3 is 2.79 bits per heavy atom. The van der Waals surface area contributed by atoms with Gasteiger partial charge < -0.3 is 9.84 Å². The number of benzene rings is 1. The molecule has 126 valence electrons. The Kier molecular flexibility index (Phi) is 4.94. The van der Waals surface area contributed by atoms with Crippen molar-refractivity contribution in [3.8, 4) is 17.1 Å². The maximum atomic E-state index is 5.44. The van der Waals surface area contributed by atoms with E-state index >= 15 is 0 Å². The lowest BCUT2D eigenvalue weighted by Gasteiger charge is -2.30. The van der Waals surface area contributed by atoms with Gasteiger partial charge in [-0.25, -0.2) is 4.68 Å². The average Bonchev–Trinajstić information content (AvgIpc) is 3.27. The Labute approximate surface area is 146 Å². The fourth-order valence-electron chi connectivity index (χ4n) is 2.76. The number of likely N-dealkylation sites (N-methyl/N-ethyl adjacent to an activating group) is 1. The van der Waals surface area contributed by atoms with Gasteiger partial charge in [0.05, 0.1) is 11.7 Å². The summed E-state index contributed by atoms with van der Waals surface area (Å²) in [5.41, 5.74) is 1.90. The smallest absolute Gasteiger partial charge is 0.257 e. The molecule has 3 aromatic rings. The number of halogens is 1. The van der Waals surface area contributed by atoms with E-state index in [4.69, 9.17) is 4.52 Å².